The van der Waals surface area contributed by atoms with Gasteiger partial charge in [0.15, 0.2) is 0 Å². The Morgan fingerprint density at radius 2 is 1.35 bits per heavy atom. The Labute approximate surface area is 162 Å². The molecule has 0 aromatic heterocycles. The Kier molecular flexibility index (Phi) is 21.4. The highest BCUT2D eigenvalue weighted by atomic mass is 16.1. The highest BCUT2D eigenvalue weighted by molar-refractivity contribution is 5.75. The van der Waals surface area contributed by atoms with E-state index in [1.807, 2.05) is 0 Å². The summed E-state index contributed by atoms with van der Waals surface area (Å²) >= 11 is 0. The second-order valence-corrected chi connectivity index (χ2v) is 7.22. The fourth-order valence-corrected chi connectivity index (χ4v) is 2.96. The molecule has 26 heavy (non-hydrogen) atoms. The smallest absolute Gasteiger partial charge is 0.220 e. The third kappa shape index (κ3) is 21.2. The van der Waals surface area contributed by atoms with Crippen LogP contribution < -0.4 is 16.4 Å². The molecule has 0 saturated heterocycles. The van der Waals surface area contributed by atoms with Crippen molar-refractivity contribution in [1.82, 2.24) is 10.6 Å². The molecule has 0 unspecified atom stereocenters. The van der Waals surface area contributed by atoms with Gasteiger partial charge in [0.1, 0.15) is 0 Å². The van der Waals surface area contributed by atoms with Crippen LogP contribution in [0.4, 0.5) is 0 Å². The van der Waals surface area contributed by atoms with Crippen molar-refractivity contribution in [3.63, 3.8) is 0 Å². The van der Waals surface area contributed by atoms with Crippen molar-refractivity contribution in [2.75, 3.05) is 26.2 Å². The fraction of sp³-hybridized carbons (Fsp3) is 0.864. The molecule has 0 aromatic rings. The summed E-state index contributed by atoms with van der Waals surface area (Å²) in [6.07, 6.45) is 22.1. The number of hydrogen-bond donors (Lipinski definition) is 3. The molecule has 0 aliphatic rings. The van der Waals surface area contributed by atoms with Crippen LogP contribution in [-0.2, 0) is 4.79 Å². The number of nitrogens with two attached hydrogens (primary N) is 1. The summed E-state index contributed by atoms with van der Waals surface area (Å²) in [4.78, 5) is 11.6. The Hall–Kier alpha value is -0.870. The summed E-state index contributed by atoms with van der Waals surface area (Å²) < 4.78 is 0. The summed E-state index contributed by atoms with van der Waals surface area (Å²) in [5.74, 6) is 0.178. The topological polar surface area (TPSA) is 67.2 Å². The van der Waals surface area contributed by atoms with Gasteiger partial charge in [0.2, 0.25) is 5.91 Å². The molecule has 154 valence electrons. The van der Waals surface area contributed by atoms with Crippen LogP contribution in [0, 0.1) is 0 Å². The number of nitrogens with one attached hydrogen (secondary N) is 2. The van der Waals surface area contributed by atoms with E-state index in [0.29, 0.717) is 19.5 Å². The Morgan fingerprint density at radius 3 is 1.96 bits per heavy atom. The lowest BCUT2D eigenvalue weighted by Gasteiger charge is -2.06. The average molecular weight is 368 g/mol. The molecule has 1 amide bonds. The number of carbonyl (C=O) groups excluding carboxylic acids is 1. The first-order valence-corrected chi connectivity index (χ1v) is 11.1. The van der Waals surface area contributed by atoms with Crippen LogP contribution >= 0.6 is 0 Å². The van der Waals surface area contributed by atoms with E-state index >= 15 is 0 Å². The molecular formula is C22H45N3O. The lowest BCUT2D eigenvalue weighted by Crippen LogP contribution is -2.33. The molecule has 0 atom stereocenters. The largest absolute Gasteiger partial charge is 0.355 e. The van der Waals surface area contributed by atoms with Crippen molar-refractivity contribution in [3.05, 3.63) is 12.2 Å². The zero-order chi connectivity index (χ0) is 19.1. The lowest BCUT2D eigenvalue weighted by molar-refractivity contribution is -0.121. The molecule has 0 heterocycles. The first-order valence-electron chi connectivity index (χ1n) is 11.1. The average Bonchev–Trinajstić information content (AvgIpc) is 2.64. The van der Waals surface area contributed by atoms with Gasteiger partial charge in [-0.05, 0) is 32.1 Å². The standard InChI is InChI=1S/C22H45N3O/c1-2-3-4-5-6-7-8-9-10-11-12-13-14-15-16-17-22(26)25-21-20-24-19-18-23/h9-10,24H,2-8,11-21,23H2,1H3,(H,25,26)/b10-9+. The second kappa shape index (κ2) is 22.2. The predicted octanol–water partition coefficient (Wildman–Crippen LogP) is 4.69. The molecule has 0 spiro atoms. The predicted molar refractivity (Wildman–Crippen MR) is 114 cm³/mol. The molecular weight excluding hydrogens is 322 g/mol. The summed E-state index contributed by atoms with van der Waals surface area (Å²) in [5.41, 5.74) is 5.39. The zero-order valence-corrected chi connectivity index (χ0v) is 17.4. The van der Waals surface area contributed by atoms with Crippen LogP contribution in [0.25, 0.3) is 0 Å². The third-order valence-electron chi connectivity index (χ3n) is 4.61. The van der Waals surface area contributed by atoms with E-state index < -0.39 is 0 Å². The molecule has 0 saturated carbocycles. The molecule has 0 aliphatic heterocycles. The molecule has 0 aliphatic carbocycles. The van der Waals surface area contributed by atoms with Crippen LogP contribution in [0.5, 0.6) is 0 Å². The van der Waals surface area contributed by atoms with Gasteiger partial charge < -0.3 is 16.4 Å². The van der Waals surface area contributed by atoms with E-state index in [9.17, 15) is 4.79 Å². The molecule has 0 bridgehead atoms. The molecule has 0 radical (unpaired) electrons. The Bertz CT molecular complexity index is 319. The van der Waals surface area contributed by atoms with Gasteiger partial charge in [-0.2, -0.15) is 0 Å². The van der Waals surface area contributed by atoms with Gasteiger partial charge in [-0.3, -0.25) is 4.79 Å². The van der Waals surface area contributed by atoms with Crippen molar-refractivity contribution < 1.29 is 4.79 Å². The molecule has 0 aromatic carbocycles. The Morgan fingerprint density at radius 1 is 0.769 bits per heavy atom. The highest BCUT2D eigenvalue weighted by Crippen LogP contribution is 2.09. The van der Waals surface area contributed by atoms with Gasteiger partial charge in [-0.25, -0.2) is 0 Å². The number of carbonyl (C=O) groups is 1. The lowest BCUT2D eigenvalue weighted by atomic mass is 10.1. The van der Waals surface area contributed by atoms with E-state index in [1.54, 1.807) is 0 Å². The first kappa shape index (κ1) is 25.1. The van der Waals surface area contributed by atoms with Crippen molar-refractivity contribution >= 4 is 5.91 Å². The van der Waals surface area contributed by atoms with Crippen molar-refractivity contribution in [2.45, 2.75) is 96.8 Å². The van der Waals surface area contributed by atoms with Gasteiger partial charge in [0, 0.05) is 32.6 Å². The second-order valence-electron chi connectivity index (χ2n) is 7.22. The summed E-state index contributed by atoms with van der Waals surface area (Å²) in [7, 11) is 0. The summed E-state index contributed by atoms with van der Waals surface area (Å²) in [5, 5.41) is 6.11. The Balaban J connectivity index is 3.18. The molecule has 0 fully saturated rings. The van der Waals surface area contributed by atoms with Crippen LogP contribution in [0.15, 0.2) is 12.2 Å². The number of allylic oxidation sites excluding steroid dienone is 2. The van der Waals surface area contributed by atoms with Crippen molar-refractivity contribution in [1.29, 1.82) is 0 Å². The monoisotopic (exact) mass is 367 g/mol. The highest BCUT2D eigenvalue weighted by Gasteiger charge is 1.99. The van der Waals surface area contributed by atoms with E-state index in [4.69, 9.17) is 5.73 Å². The van der Waals surface area contributed by atoms with E-state index in [-0.39, 0.29) is 5.91 Å². The minimum Gasteiger partial charge on any atom is -0.355 e. The maximum Gasteiger partial charge on any atom is 0.220 e. The summed E-state index contributed by atoms with van der Waals surface area (Å²) in [6.45, 7) is 5.22. The maximum absolute atomic E-state index is 11.6. The first-order chi connectivity index (χ1) is 12.8. The number of unbranched alkanes of at least 4 members (excludes halogenated alkanes) is 11. The van der Waals surface area contributed by atoms with Gasteiger partial charge in [0.05, 0.1) is 0 Å². The molecule has 4 heteroatoms. The van der Waals surface area contributed by atoms with Crippen LogP contribution in [0.2, 0.25) is 0 Å². The molecule has 4 nitrogen and oxygen atoms in total. The minimum atomic E-state index is 0.178. The quantitative estimate of drug-likeness (QED) is 0.216. The van der Waals surface area contributed by atoms with Gasteiger partial charge >= 0.3 is 0 Å². The number of amides is 1. The summed E-state index contributed by atoms with van der Waals surface area (Å²) in [6, 6.07) is 0. The number of rotatable bonds is 20. The fourth-order valence-electron chi connectivity index (χ4n) is 2.96. The van der Waals surface area contributed by atoms with Gasteiger partial charge in [-0.1, -0.05) is 70.4 Å². The molecule has 4 N–H and O–H groups in total. The van der Waals surface area contributed by atoms with Crippen LogP contribution in [0.1, 0.15) is 96.8 Å². The maximum atomic E-state index is 11.6. The van der Waals surface area contributed by atoms with Crippen LogP contribution in [0.3, 0.4) is 0 Å². The zero-order valence-electron chi connectivity index (χ0n) is 17.4. The van der Waals surface area contributed by atoms with E-state index in [1.165, 1.54) is 77.0 Å². The third-order valence-corrected chi connectivity index (χ3v) is 4.61. The van der Waals surface area contributed by atoms with Crippen molar-refractivity contribution in [3.8, 4) is 0 Å². The van der Waals surface area contributed by atoms with E-state index in [0.717, 1.165) is 19.5 Å². The van der Waals surface area contributed by atoms with E-state index in [2.05, 4.69) is 29.7 Å². The van der Waals surface area contributed by atoms with Gasteiger partial charge in [0.25, 0.3) is 0 Å². The van der Waals surface area contributed by atoms with Gasteiger partial charge in [-0.15, -0.1) is 0 Å². The molecule has 0 rings (SSSR count). The number of hydrogen-bond acceptors (Lipinski definition) is 3. The van der Waals surface area contributed by atoms with Crippen molar-refractivity contribution in [2.24, 2.45) is 5.73 Å². The normalized spacial score (nSPS) is 11.3. The SMILES string of the molecule is CCCCCCCC/C=C/CCCCCCCC(=O)NCCNCCN. The minimum absolute atomic E-state index is 0.178. The van der Waals surface area contributed by atoms with Crippen LogP contribution in [-0.4, -0.2) is 32.1 Å².